The van der Waals surface area contributed by atoms with Crippen molar-refractivity contribution < 1.29 is 4.79 Å². The molecule has 0 saturated heterocycles. The lowest BCUT2D eigenvalue weighted by molar-refractivity contribution is -0.116. The monoisotopic (exact) mass is 388 g/mol. The summed E-state index contributed by atoms with van der Waals surface area (Å²) in [5, 5.41) is 10.9. The maximum atomic E-state index is 12.8. The fourth-order valence-corrected chi connectivity index (χ4v) is 3.05. The molecule has 2 heterocycles. The maximum absolute atomic E-state index is 12.8. The Morgan fingerprint density at radius 3 is 2.59 bits per heavy atom. The van der Waals surface area contributed by atoms with E-state index < -0.39 is 5.56 Å². The fraction of sp³-hybridized carbons (Fsp3) is 0.190. The third kappa shape index (κ3) is 3.52. The minimum Gasteiger partial charge on any atom is -0.324 e. The Morgan fingerprint density at radius 1 is 1.07 bits per heavy atom. The van der Waals surface area contributed by atoms with Crippen molar-refractivity contribution in [3.8, 4) is 5.69 Å². The first-order valence-electron chi connectivity index (χ1n) is 9.18. The van der Waals surface area contributed by atoms with Crippen molar-refractivity contribution in [2.45, 2.75) is 27.3 Å². The lowest BCUT2D eigenvalue weighted by Crippen LogP contribution is -2.28. The summed E-state index contributed by atoms with van der Waals surface area (Å²) in [6.45, 7) is 5.74. The van der Waals surface area contributed by atoms with E-state index in [1.807, 2.05) is 63.2 Å². The van der Waals surface area contributed by atoms with Crippen LogP contribution in [0.15, 0.2) is 53.6 Å². The van der Waals surface area contributed by atoms with Crippen molar-refractivity contribution in [3.63, 3.8) is 0 Å². The van der Waals surface area contributed by atoms with Crippen LogP contribution in [0, 0.1) is 20.8 Å². The van der Waals surface area contributed by atoms with Crippen LogP contribution >= 0.6 is 0 Å². The fourth-order valence-electron chi connectivity index (χ4n) is 3.05. The molecule has 0 atom stereocenters. The van der Waals surface area contributed by atoms with Gasteiger partial charge in [0, 0.05) is 5.69 Å². The molecular formula is C21H20N6O2. The van der Waals surface area contributed by atoms with Gasteiger partial charge in [-0.1, -0.05) is 35.0 Å². The molecule has 0 aliphatic carbocycles. The van der Waals surface area contributed by atoms with E-state index >= 15 is 0 Å². The number of benzene rings is 2. The number of amides is 1. The molecule has 8 nitrogen and oxygen atoms in total. The number of carbonyl (C=O) groups is 1. The highest BCUT2D eigenvalue weighted by atomic mass is 16.2. The van der Waals surface area contributed by atoms with Gasteiger partial charge < -0.3 is 5.32 Å². The molecule has 0 spiro atoms. The topological polar surface area (TPSA) is 94.7 Å². The Kier molecular flexibility index (Phi) is 4.67. The van der Waals surface area contributed by atoms with Gasteiger partial charge in [-0.05, 0) is 50.1 Å². The van der Waals surface area contributed by atoms with Crippen LogP contribution in [0.3, 0.4) is 0 Å². The van der Waals surface area contributed by atoms with Crippen LogP contribution in [-0.2, 0) is 11.3 Å². The summed E-state index contributed by atoms with van der Waals surface area (Å²) >= 11 is 0. The van der Waals surface area contributed by atoms with E-state index in [0.29, 0.717) is 5.65 Å². The molecule has 1 N–H and O–H groups in total. The molecule has 2 aromatic heterocycles. The van der Waals surface area contributed by atoms with E-state index in [2.05, 4.69) is 20.6 Å². The molecule has 2 aromatic carbocycles. The highest BCUT2D eigenvalue weighted by molar-refractivity contribution is 5.91. The maximum Gasteiger partial charge on any atom is 0.284 e. The molecule has 1 amide bonds. The number of fused-ring (bicyclic) bond motifs is 1. The predicted octanol–water partition coefficient (Wildman–Crippen LogP) is 2.54. The zero-order chi connectivity index (χ0) is 20.5. The normalized spacial score (nSPS) is 11.0. The Bertz CT molecular complexity index is 1270. The van der Waals surface area contributed by atoms with Crippen LogP contribution in [0.4, 0.5) is 5.69 Å². The van der Waals surface area contributed by atoms with E-state index in [1.165, 1.54) is 15.6 Å². The van der Waals surface area contributed by atoms with E-state index in [1.54, 1.807) is 0 Å². The van der Waals surface area contributed by atoms with Gasteiger partial charge in [0.2, 0.25) is 5.91 Å². The molecular weight excluding hydrogens is 368 g/mol. The zero-order valence-electron chi connectivity index (χ0n) is 16.4. The molecule has 8 heteroatoms. The Hall–Kier alpha value is -3.81. The van der Waals surface area contributed by atoms with Gasteiger partial charge in [0.25, 0.3) is 5.56 Å². The number of aryl methyl sites for hydroxylation is 2. The minimum atomic E-state index is -0.413. The molecule has 146 valence electrons. The van der Waals surface area contributed by atoms with Gasteiger partial charge in [-0.2, -0.15) is 4.68 Å². The number of anilines is 1. The van der Waals surface area contributed by atoms with Crippen LogP contribution in [0.2, 0.25) is 0 Å². The number of hydrogen-bond donors (Lipinski definition) is 1. The first-order chi connectivity index (χ1) is 13.9. The molecule has 0 bridgehead atoms. The van der Waals surface area contributed by atoms with Crippen molar-refractivity contribution in [1.82, 2.24) is 24.5 Å². The average Bonchev–Trinajstić information content (AvgIpc) is 3.13. The molecule has 0 unspecified atom stereocenters. The lowest BCUT2D eigenvalue weighted by Gasteiger charge is -2.11. The number of carbonyl (C=O) groups excluding carboxylic acids is 1. The van der Waals surface area contributed by atoms with Gasteiger partial charge in [-0.25, -0.2) is 4.98 Å². The van der Waals surface area contributed by atoms with Crippen LogP contribution < -0.4 is 10.9 Å². The van der Waals surface area contributed by atoms with Gasteiger partial charge in [0.1, 0.15) is 12.9 Å². The molecule has 0 fully saturated rings. The molecule has 0 aliphatic rings. The largest absolute Gasteiger partial charge is 0.324 e. The first-order valence-corrected chi connectivity index (χ1v) is 9.18. The second-order valence-electron chi connectivity index (χ2n) is 6.98. The number of nitrogens with zero attached hydrogens (tertiary/aromatic N) is 5. The van der Waals surface area contributed by atoms with Crippen LogP contribution in [-0.4, -0.2) is 30.5 Å². The van der Waals surface area contributed by atoms with E-state index in [4.69, 9.17) is 0 Å². The molecule has 4 aromatic rings. The summed E-state index contributed by atoms with van der Waals surface area (Å²) in [5.41, 5.74) is 4.72. The standard InChI is InChI=1S/C21H20N6O2/c1-13-7-9-16(10-8-13)27-20-19(24-25-27)21(29)26(12-22-20)11-18(28)23-17-6-4-5-14(2)15(17)3/h4-10,12H,11H2,1-3H3,(H,23,28). The lowest BCUT2D eigenvalue weighted by atomic mass is 10.1. The summed E-state index contributed by atoms with van der Waals surface area (Å²) in [6.07, 6.45) is 1.35. The molecule has 29 heavy (non-hydrogen) atoms. The summed E-state index contributed by atoms with van der Waals surface area (Å²) < 4.78 is 2.74. The van der Waals surface area contributed by atoms with Crippen LogP contribution in [0.1, 0.15) is 16.7 Å². The smallest absolute Gasteiger partial charge is 0.284 e. The molecule has 0 aliphatic heterocycles. The van der Waals surface area contributed by atoms with Gasteiger partial charge in [-0.3, -0.25) is 14.2 Å². The second kappa shape index (κ2) is 7.31. The van der Waals surface area contributed by atoms with Crippen molar-refractivity contribution in [1.29, 1.82) is 0 Å². The Morgan fingerprint density at radius 2 is 1.83 bits per heavy atom. The number of aromatic nitrogens is 5. The van der Waals surface area contributed by atoms with Crippen LogP contribution in [0.5, 0.6) is 0 Å². The summed E-state index contributed by atoms with van der Waals surface area (Å²) in [7, 11) is 0. The second-order valence-corrected chi connectivity index (χ2v) is 6.98. The SMILES string of the molecule is Cc1ccc(-n2nnc3c(=O)n(CC(=O)Nc4cccc(C)c4C)cnc32)cc1. The molecule has 0 saturated carbocycles. The number of rotatable bonds is 4. The molecule has 4 rings (SSSR count). The first kappa shape index (κ1) is 18.5. The van der Waals surface area contributed by atoms with Gasteiger partial charge in [-0.15, -0.1) is 5.10 Å². The summed E-state index contributed by atoms with van der Waals surface area (Å²) in [6, 6.07) is 13.3. The van der Waals surface area contributed by atoms with Crippen LogP contribution in [0.25, 0.3) is 16.9 Å². The zero-order valence-corrected chi connectivity index (χ0v) is 16.4. The quantitative estimate of drug-likeness (QED) is 0.580. The summed E-state index contributed by atoms with van der Waals surface area (Å²) in [5.74, 6) is -0.312. The Labute approximate surface area is 166 Å². The van der Waals surface area contributed by atoms with E-state index in [9.17, 15) is 9.59 Å². The van der Waals surface area contributed by atoms with E-state index in [-0.39, 0.29) is 18.0 Å². The van der Waals surface area contributed by atoms with E-state index in [0.717, 1.165) is 28.1 Å². The highest BCUT2D eigenvalue weighted by Gasteiger charge is 2.15. The summed E-state index contributed by atoms with van der Waals surface area (Å²) in [4.78, 5) is 29.5. The molecule has 0 radical (unpaired) electrons. The van der Waals surface area contributed by atoms with Crippen molar-refractivity contribution in [3.05, 3.63) is 75.8 Å². The number of hydrogen-bond acceptors (Lipinski definition) is 5. The third-order valence-electron chi connectivity index (χ3n) is 4.90. The Balaban J connectivity index is 1.61. The van der Waals surface area contributed by atoms with Crippen molar-refractivity contribution in [2.24, 2.45) is 0 Å². The average molecular weight is 388 g/mol. The minimum absolute atomic E-state index is 0.118. The highest BCUT2D eigenvalue weighted by Crippen LogP contribution is 2.18. The van der Waals surface area contributed by atoms with Gasteiger partial charge >= 0.3 is 0 Å². The van der Waals surface area contributed by atoms with Crippen molar-refractivity contribution in [2.75, 3.05) is 5.32 Å². The predicted molar refractivity (Wildman–Crippen MR) is 110 cm³/mol. The third-order valence-corrected chi connectivity index (χ3v) is 4.90. The van der Waals surface area contributed by atoms with Gasteiger partial charge in [0.05, 0.1) is 5.69 Å². The number of nitrogens with one attached hydrogen (secondary N) is 1. The van der Waals surface area contributed by atoms with Crippen molar-refractivity contribution >= 4 is 22.8 Å². The van der Waals surface area contributed by atoms with Gasteiger partial charge in [0.15, 0.2) is 11.2 Å².